The lowest BCUT2D eigenvalue weighted by Crippen LogP contribution is -2.03. The Morgan fingerprint density at radius 2 is 2.00 bits per heavy atom. The maximum Gasteiger partial charge on any atom is 0.137 e. The molecule has 2 N–H and O–H groups in total. The van der Waals surface area contributed by atoms with Crippen LogP contribution in [0.15, 0.2) is 61.1 Å². The summed E-state index contributed by atoms with van der Waals surface area (Å²) >= 11 is 0. The average molecular weight is 346 g/mol. The molecule has 4 nitrogen and oxygen atoms in total. The number of hydrogen-bond acceptors (Lipinski definition) is 3. The molecule has 0 bridgehead atoms. The lowest BCUT2D eigenvalue weighted by atomic mass is 10.1. The number of pyridine rings is 2. The summed E-state index contributed by atoms with van der Waals surface area (Å²) in [6.45, 7) is 2.52. The van der Waals surface area contributed by atoms with Crippen molar-refractivity contribution in [2.45, 2.75) is 19.9 Å². The molecule has 1 aromatic carbocycles. The van der Waals surface area contributed by atoms with E-state index in [0.29, 0.717) is 6.54 Å². The van der Waals surface area contributed by atoms with Crippen molar-refractivity contribution in [1.29, 1.82) is 0 Å². The van der Waals surface area contributed by atoms with Gasteiger partial charge in [-0.1, -0.05) is 12.1 Å². The first-order chi connectivity index (χ1) is 12.7. The van der Waals surface area contributed by atoms with Crippen LogP contribution in [-0.2, 0) is 13.0 Å². The van der Waals surface area contributed by atoms with Crippen LogP contribution in [-0.4, -0.2) is 15.0 Å². The number of nitrogens with zero attached hydrogens (tertiary/aromatic N) is 2. The minimum Gasteiger partial charge on any atom is -0.366 e. The number of halogens is 1. The van der Waals surface area contributed by atoms with Crippen LogP contribution in [0.5, 0.6) is 0 Å². The van der Waals surface area contributed by atoms with Crippen molar-refractivity contribution in [3.8, 4) is 0 Å². The summed E-state index contributed by atoms with van der Waals surface area (Å²) < 4.78 is 13.4. The molecule has 0 fully saturated rings. The first-order valence-electron chi connectivity index (χ1n) is 8.54. The van der Waals surface area contributed by atoms with Crippen molar-refractivity contribution in [2.75, 3.05) is 5.32 Å². The number of rotatable bonds is 5. The molecule has 4 aromatic rings. The van der Waals surface area contributed by atoms with Crippen molar-refractivity contribution >= 4 is 16.9 Å². The van der Waals surface area contributed by atoms with Crippen LogP contribution >= 0.6 is 0 Å². The van der Waals surface area contributed by atoms with Gasteiger partial charge < -0.3 is 10.3 Å². The van der Waals surface area contributed by atoms with Gasteiger partial charge in [-0.05, 0) is 59.5 Å². The average Bonchev–Trinajstić information content (AvgIpc) is 3.07. The van der Waals surface area contributed by atoms with Crippen LogP contribution < -0.4 is 5.32 Å². The number of H-pyrrole nitrogens is 1. The van der Waals surface area contributed by atoms with Gasteiger partial charge in [0.05, 0.1) is 0 Å². The summed E-state index contributed by atoms with van der Waals surface area (Å²) in [6.07, 6.45) is 6.44. The summed E-state index contributed by atoms with van der Waals surface area (Å²) in [5.74, 6) is 0.557. The van der Waals surface area contributed by atoms with Gasteiger partial charge in [0.1, 0.15) is 17.3 Å². The molecule has 26 heavy (non-hydrogen) atoms. The number of benzene rings is 1. The second-order valence-corrected chi connectivity index (χ2v) is 6.37. The molecule has 0 spiro atoms. The molecule has 0 saturated carbocycles. The zero-order valence-electron chi connectivity index (χ0n) is 14.5. The lowest BCUT2D eigenvalue weighted by Gasteiger charge is -2.09. The molecule has 0 saturated heterocycles. The minimum atomic E-state index is -0.219. The third-order valence-electron chi connectivity index (χ3n) is 4.53. The highest BCUT2D eigenvalue weighted by Crippen LogP contribution is 2.20. The first kappa shape index (κ1) is 16.3. The standard InChI is InChI=1S/C21H19FN4/c1-14-4-6-18(22)10-16(14)12-25-20-7-5-15(11-24-20)9-17-13-26-21-19(17)3-2-8-23-21/h2-8,10-11,13H,9,12H2,1H3,(H,23,26)(H,24,25). The fourth-order valence-electron chi connectivity index (χ4n) is 3.03. The van der Waals surface area contributed by atoms with E-state index in [0.717, 1.165) is 40.0 Å². The number of hydrogen-bond donors (Lipinski definition) is 2. The zero-order chi connectivity index (χ0) is 17.9. The monoisotopic (exact) mass is 346 g/mol. The van der Waals surface area contributed by atoms with Gasteiger partial charge in [-0.2, -0.15) is 0 Å². The highest BCUT2D eigenvalue weighted by Gasteiger charge is 2.06. The molecule has 3 heterocycles. The molecule has 0 amide bonds. The van der Waals surface area contributed by atoms with E-state index in [9.17, 15) is 4.39 Å². The molecule has 0 radical (unpaired) electrons. The largest absolute Gasteiger partial charge is 0.366 e. The zero-order valence-corrected chi connectivity index (χ0v) is 14.5. The van der Waals surface area contributed by atoms with E-state index < -0.39 is 0 Å². The Kier molecular flexibility index (Phi) is 4.35. The number of aryl methyl sites for hydroxylation is 1. The van der Waals surface area contributed by atoms with Gasteiger partial charge in [-0.3, -0.25) is 0 Å². The first-order valence-corrected chi connectivity index (χ1v) is 8.54. The fraction of sp³-hybridized carbons (Fsp3) is 0.143. The van der Waals surface area contributed by atoms with E-state index in [1.807, 2.05) is 31.5 Å². The van der Waals surface area contributed by atoms with E-state index in [1.165, 1.54) is 11.6 Å². The highest BCUT2D eigenvalue weighted by molar-refractivity contribution is 5.79. The van der Waals surface area contributed by atoms with Gasteiger partial charge in [-0.25, -0.2) is 14.4 Å². The summed E-state index contributed by atoms with van der Waals surface area (Å²) in [5, 5.41) is 4.39. The van der Waals surface area contributed by atoms with Crippen molar-refractivity contribution in [2.24, 2.45) is 0 Å². The third kappa shape index (κ3) is 3.42. The van der Waals surface area contributed by atoms with Crippen LogP contribution in [0, 0.1) is 12.7 Å². The van der Waals surface area contributed by atoms with Gasteiger partial charge in [0.2, 0.25) is 0 Å². The van der Waals surface area contributed by atoms with Gasteiger partial charge in [0.15, 0.2) is 0 Å². The van der Waals surface area contributed by atoms with Gasteiger partial charge in [0.25, 0.3) is 0 Å². The van der Waals surface area contributed by atoms with Gasteiger partial charge in [0, 0.05) is 36.9 Å². The van der Waals surface area contributed by atoms with Crippen LogP contribution in [0.1, 0.15) is 22.3 Å². The number of nitrogens with one attached hydrogen (secondary N) is 2. The predicted octanol–water partition coefficient (Wildman–Crippen LogP) is 4.61. The maximum atomic E-state index is 13.4. The van der Waals surface area contributed by atoms with Crippen molar-refractivity contribution in [1.82, 2.24) is 15.0 Å². The molecule has 0 unspecified atom stereocenters. The van der Waals surface area contributed by atoms with Crippen LogP contribution in [0.25, 0.3) is 11.0 Å². The minimum absolute atomic E-state index is 0.219. The molecule has 0 aliphatic rings. The predicted molar refractivity (Wildman–Crippen MR) is 102 cm³/mol. The summed E-state index contributed by atoms with van der Waals surface area (Å²) in [4.78, 5) is 12.0. The van der Waals surface area contributed by atoms with Crippen molar-refractivity contribution in [3.63, 3.8) is 0 Å². The molecule has 4 rings (SSSR count). The Morgan fingerprint density at radius 3 is 2.85 bits per heavy atom. The number of fused-ring (bicyclic) bond motifs is 1. The SMILES string of the molecule is Cc1ccc(F)cc1CNc1ccc(Cc2c[nH]c3ncccc23)cn1. The van der Waals surface area contributed by atoms with Gasteiger partial charge >= 0.3 is 0 Å². The third-order valence-corrected chi connectivity index (χ3v) is 4.53. The van der Waals surface area contributed by atoms with E-state index in [2.05, 4.69) is 32.4 Å². The lowest BCUT2D eigenvalue weighted by molar-refractivity contribution is 0.625. The quantitative estimate of drug-likeness (QED) is 0.555. The number of anilines is 1. The van der Waals surface area contributed by atoms with E-state index in [-0.39, 0.29) is 5.82 Å². The van der Waals surface area contributed by atoms with E-state index >= 15 is 0 Å². The van der Waals surface area contributed by atoms with Crippen molar-refractivity contribution < 1.29 is 4.39 Å². The molecule has 3 aromatic heterocycles. The molecule has 0 atom stereocenters. The summed E-state index contributed by atoms with van der Waals surface area (Å²) in [6, 6.07) is 12.9. The Labute approximate surface area is 151 Å². The van der Waals surface area contributed by atoms with Crippen molar-refractivity contribution in [3.05, 3.63) is 89.1 Å². The molecule has 0 aliphatic heterocycles. The highest BCUT2D eigenvalue weighted by atomic mass is 19.1. The molecule has 0 aliphatic carbocycles. The Morgan fingerprint density at radius 1 is 1.08 bits per heavy atom. The Bertz CT molecular complexity index is 1040. The number of aromatic nitrogens is 3. The summed E-state index contributed by atoms with van der Waals surface area (Å²) in [5.41, 5.74) is 5.22. The molecule has 5 heteroatoms. The normalized spacial score (nSPS) is 11.0. The molecule has 130 valence electrons. The topological polar surface area (TPSA) is 53.6 Å². The van der Waals surface area contributed by atoms with Crippen LogP contribution in [0.3, 0.4) is 0 Å². The smallest absolute Gasteiger partial charge is 0.137 e. The van der Waals surface area contributed by atoms with Crippen LogP contribution in [0.2, 0.25) is 0 Å². The number of aromatic amines is 1. The molecular weight excluding hydrogens is 327 g/mol. The Balaban J connectivity index is 1.44. The summed E-state index contributed by atoms with van der Waals surface area (Å²) in [7, 11) is 0. The fourth-order valence-corrected chi connectivity index (χ4v) is 3.03. The van der Waals surface area contributed by atoms with E-state index in [1.54, 1.807) is 18.3 Å². The molecular formula is C21H19FN4. The van der Waals surface area contributed by atoms with E-state index in [4.69, 9.17) is 0 Å². The van der Waals surface area contributed by atoms with Gasteiger partial charge in [-0.15, -0.1) is 0 Å². The second kappa shape index (κ2) is 6.96. The maximum absolute atomic E-state index is 13.4. The van der Waals surface area contributed by atoms with Crippen LogP contribution in [0.4, 0.5) is 10.2 Å². The Hall–Kier alpha value is -3.21. The second-order valence-electron chi connectivity index (χ2n) is 6.37.